The third-order valence-electron chi connectivity index (χ3n) is 4.51. The van der Waals surface area contributed by atoms with Crippen LogP contribution in [0.2, 0.25) is 0 Å². The summed E-state index contributed by atoms with van der Waals surface area (Å²) in [5, 5.41) is 11.1. The molecule has 0 radical (unpaired) electrons. The van der Waals surface area contributed by atoms with Crippen LogP contribution in [0.1, 0.15) is 44.6 Å². The molecule has 1 aromatic heterocycles. The molecule has 152 valence electrons. The number of amides is 1. The molecular formula is C19H34N6O2. The van der Waals surface area contributed by atoms with Gasteiger partial charge in [-0.3, -0.25) is 9.67 Å². The van der Waals surface area contributed by atoms with Crippen molar-refractivity contribution in [2.45, 2.75) is 59.6 Å². The van der Waals surface area contributed by atoms with Gasteiger partial charge in [-0.05, 0) is 53.5 Å². The lowest BCUT2D eigenvalue weighted by Gasteiger charge is -2.40. The lowest BCUT2D eigenvalue weighted by atomic mass is 10.1. The second-order valence-corrected chi connectivity index (χ2v) is 8.01. The summed E-state index contributed by atoms with van der Waals surface area (Å²) in [4.78, 5) is 18.4. The van der Waals surface area contributed by atoms with E-state index in [1.165, 1.54) is 11.3 Å². The Bertz CT molecular complexity index is 683. The lowest BCUT2D eigenvalue weighted by molar-refractivity contribution is 0.00701. The molecule has 0 unspecified atom stereocenters. The van der Waals surface area contributed by atoms with Gasteiger partial charge >= 0.3 is 6.09 Å². The predicted octanol–water partition coefficient (Wildman–Crippen LogP) is 1.75. The second kappa shape index (κ2) is 8.63. The molecule has 8 nitrogen and oxygen atoms in total. The van der Waals surface area contributed by atoms with Gasteiger partial charge in [-0.25, -0.2) is 4.79 Å². The molecule has 1 aromatic rings. The molecule has 1 aliphatic heterocycles. The van der Waals surface area contributed by atoms with Gasteiger partial charge in [0.2, 0.25) is 0 Å². The van der Waals surface area contributed by atoms with Crippen LogP contribution in [-0.2, 0) is 18.2 Å². The van der Waals surface area contributed by atoms with E-state index < -0.39 is 5.60 Å². The van der Waals surface area contributed by atoms with Gasteiger partial charge in [0, 0.05) is 38.9 Å². The number of likely N-dealkylation sites (tertiary alicyclic amines) is 1. The molecule has 0 aromatic carbocycles. The summed E-state index contributed by atoms with van der Waals surface area (Å²) in [6.45, 7) is 14.5. The normalized spacial score (nSPS) is 15.5. The number of aryl methyl sites for hydroxylation is 2. The van der Waals surface area contributed by atoms with Crippen molar-refractivity contribution in [2.24, 2.45) is 12.0 Å². The van der Waals surface area contributed by atoms with E-state index in [-0.39, 0.29) is 12.1 Å². The molecule has 0 saturated carbocycles. The topological polar surface area (TPSA) is 83.8 Å². The number of aliphatic imine (C=N–C) groups is 1. The Kier molecular flexibility index (Phi) is 6.73. The van der Waals surface area contributed by atoms with E-state index in [2.05, 4.69) is 27.6 Å². The Hall–Kier alpha value is -2.25. The molecule has 1 fully saturated rings. The fourth-order valence-corrected chi connectivity index (χ4v) is 3.02. The van der Waals surface area contributed by atoms with Gasteiger partial charge in [0.15, 0.2) is 5.96 Å². The molecular weight excluding hydrogens is 344 g/mol. The molecule has 2 rings (SSSR count). The van der Waals surface area contributed by atoms with E-state index in [9.17, 15) is 4.79 Å². The van der Waals surface area contributed by atoms with Crippen molar-refractivity contribution in [3.63, 3.8) is 0 Å². The van der Waals surface area contributed by atoms with Crippen LogP contribution in [0.4, 0.5) is 4.79 Å². The number of ether oxygens (including phenoxy) is 1. The van der Waals surface area contributed by atoms with Crippen LogP contribution in [0, 0.1) is 13.8 Å². The smallest absolute Gasteiger partial charge is 0.410 e. The molecule has 0 aliphatic carbocycles. The van der Waals surface area contributed by atoms with Crippen LogP contribution in [0.15, 0.2) is 4.99 Å². The van der Waals surface area contributed by atoms with Crippen molar-refractivity contribution in [1.82, 2.24) is 25.3 Å². The molecule has 0 bridgehead atoms. The summed E-state index contributed by atoms with van der Waals surface area (Å²) in [5.74, 6) is 0.783. The van der Waals surface area contributed by atoms with E-state index >= 15 is 0 Å². The molecule has 0 spiro atoms. The first-order chi connectivity index (χ1) is 12.6. The third kappa shape index (κ3) is 5.87. The molecule has 1 amide bonds. The van der Waals surface area contributed by atoms with Crippen LogP contribution >= 0.6 is 0 Å². The maximum Gasteiger partial charge on any atom is 0.410 e. The summed E-state index contributed by atoms with van der Waals surface area (Å²) in [7, 11) is 1.97. The highest BCUT2D eigenvalue weighted by molar-refractivity contribution is 5.80. The Morgan fingerprint density at radius 3 is 2.52 bits per heavy atom. The predicted molar refractivity (Wildman–Crippen MR) is 107 cm³/mol. The van der Waals surface area contributed by atoms with Gasteiger partial charge in [0.25, 0.3) is 0 Å². The number of hydrogen-bond donors (Lipinski definition) is 2. The van der Waals surface area contributed by atoms with Gasteiger partial charge < -0.3 is 20.3 Å². The van der Waals surface area contributed by atoms with E-state index in [0.717, 1.165) is 24.6 Å². The molecule has 2 heterocycles. The zero-order chi connectivity index (χ0) is 20.2. The molecule has 1 saturated heterocycles. The quantitative estimate of drug-likeness (QED) is 0.602. The lowest BCUT2D eigenvalue weighted by Crippen LogP contribution is -2.63. The van der Waals surface area contributed by atoms with Crippen molar-refractivity contribution in [3.05, 3.63) is 17.0 Å². The highest BCUT2D eigenvalue weighted by Crippen LogP contribution is 2.15. The number of hydrogen-bond acceptors (Lipinski definition) is 4. The Balaban J connectivity index is 1.84. The first-order valence-electron chi connectivity index (χ1n) is 9.62. The molecule has 2 N–H and O–H groups in total. The number of rotatable bonds is 5. The zero-order valence-corrected chi connectivity index (χ0v) is 17.7. The molecule has 27 heavy (non-hydrogen) atoms. The first-order valence-corrected chi connectivity index (χ1v) is 9.62. The number of nitrogens with zero attached hydrogens (tertiary/aromatic N) is 4. The summed E-state index contributed by atoms with van der Waals surface area (Å²) in [5.41, 5.74) is 3.05. The fraction of sp³-hybridized carbons (Fsp3) is 0.737. The highest BCUT2D eigenvalue weighted by Gasteiger charge is 2.34. The van der Waals surface area contributed by atoms with Gasteiger partial charge in [0.1, 0.15) is 5.60 Å². The Morgan fingerprint density at radius 2 is 2.00 bits per heavy atom. The number of carbonyl (C=O) groups excluding carboxylic acids is 1. The number of carbonyl (C=O) groups is 1. The SMILES string of the molecule is CCNC(=NCCc1c(C)nn(C)c1C)NC1CN(C(=O)OC(C)(C)C)C1. The van der Waals surface area contributed by atoms with Crippen LogP contribution < -0.4 is 10.6 Å². The monoisotopic (exact) mass is 378 g/mol. The third-order valence-corrected chi connectivity index (χ3v) is 4.51. The van der Waals surface area contributed by atoms with Gasteiger partial charge in [0.05, 0.1) is 11.7 Å². The summed E-state index contributed by atoms with van der Waals surface area (Å²) < 4.78 is 7.30. The zero-order valence-electron chi connectivity index (χ0n) is 17.7. The largest absolute Gasteiger partial charge is 0.444 e. The minimum atomic E-state index is -0.464. The van der Waals surface area contributed by atoms with Crippen molar-refractivity contribution in [2.75, 3.05) is 26.2 Å². The Morgan fingerprint density at radius 1 is 1.33 bits per heavy atom. The minimum absolute atomic E-state index is 0.192. The maximum absolute atomic E-state index is 12.0. The van der Waals surface area contributed by atoms with Gasteiger partial charge in [-0.15, -0.1) is 0 Å². The van der Waals surface area contributed by atoms with Crippen molar-refractivity contribution in [1.29, 1.82) is 0 Å². The maximum atomic E-state index is 12.0. The Labute approximate surface area is 162 Å². The number of guanidine groups is 1. The highest BCUT2D eigenvalue weighted by atomic mass is 16.6. The molecule has 8 heteroatoms. The van der Waals surface area contributed by atoms with Crippen LogP contribution in [0.25, 0.3) is 0 Å². The van der Waals surface area contributed by atoms with Crippen molar-refractivity contribution in [3.8, 4) is 0 Å². The summed E-state index contributed by atoms with van der Waals surface area (Å²) in [6.07, 6.45) is 0.599. The van der Waals surface area contributed by atoms with Crippen molar-refractivity contribution < 1.29 is 9.53 Å². The second-order valence-electron chi connectivity index (χ2n) is 8.01. The number of aromatic nitrogens is 2. The fourth-order valence-electron chi connectivity index (χ4n) is 3.02. The molecule has 1 aliphatic rings. The van der Waals surface area contributed by atoms with E-state index in [1.54, 1.807) is 4.90 Å². The summed E-state index contributed by atoms with van der Waals surface area (Å²) in [6, 6.07) is 0.192. The van der Waals surface area contributed by atoms with Gasteiger partial charge in [-0.2, -0.15) is 5.10 Å². The van der Waals surface area contributed by atoms with E-state index in [4.69, 9.17) is 4.74 Å². The molecule has 0 atom stereocenters. The average Bonchev–Trinajstić information content (AvgIpc) is 2.74. The standard InChI is InChI=1S/C19H34N6O2/c1-8-20-17(21-10-9-16-13(2)23-24(7)14(16)3)22-15-11-25(12-15)18(26)27-19(4,5)6/h15H,8-12H2,1-7H3,(H2,20,21,22). The minimum Gasteiger partial charge on any atom is -0.444 e. The van der Waals surface area contributed by atoms with Crippen LogP contribution in [0.3, 0.4) is 0 Å². The van der Waals surface area contributed by atoms with Crippen LogP contribution in [-0.4, -0.2) is 64.6 Å². The van der Waals surface area contributed by atoms with Crippen LogP contribution in [0.5, 0.6) is 0 Å². The average molecular weight is 379 g/mol. The van der Waals surface area contributed by atoms with E-state index in [0.29, 0.717) is 19.6 Å². The number of nitrogens with one attached hydrogen (secondary N) is 2. The van der Waals surface area contributed by atoms with Gasteiger partial charge in [-0.1, -0.05) is 0 Å². The van der Waals surface area contributed by atoms with E-state index in [1.807, 2.05) is 46.3 Å². The summed E-state index contributed by atoms with van der Waals surface area (Å²) >= 11 is 0. The van der Waals surface area contributed by atoms with Crippen molar-refractivity contribution >= 4 is 12.1 Å². The first kappa shape index (κ1) is 21.1.